The van der Waals surface area contributed by atoms with Crippen molar-refractivity contribution >= 4 is 86.7 Å². The van der Waals surface area contributed by atoms with Gasteiger partial charge in [-0.3, -0.25) is 14.5 Å². The Morgan fingerprint density at radius 2 is 1.81 bits per heavy atom. The maximum Gasteiger partial charge on any atom is 0.266 e. The lowest BCUT2D eigenvalue weighted by molar-refractivity contribution is -0.122. The molecule has 2 aromatic rings. The molecule has 0 spiro atoms. The maximum absolute atomic E-state index is 12.7. The number of anilines is 1. The minimum Gasteiger partial charge on any atom is -0.325 e. The standard InChI is InChI=1S/C22H19Cl3N2O2S2/c1-2-13-5-7-14(8-6-13)10-19-21(29)27(22(30)31-19)9-3-4-20(28)26-18-12-16(24)15(23)11-17(18)25/h5-8,10-12H,2-4,9H2,1H3,(H,26,28)/b19-10+. The molecular weight excluding hydrogens is 495 g/mol. The molecule has 1 fully saturated rings. The molecule has 3 rings (SSSR count). The van der Waals surface area contributed by atoms with Crippen molar-refractivity contribution in [3.8, 4) is 0 Å². The summed E-state index contributed by atoms with van der Waals surface area (Å²) in [5, 5.41) is 3.63. The van der Waals surface area contributed by atoms with Gasteiger partial charge in [-0.25, -0.2) is 0 Å². The first-order valence-corrected chi connectivity index (χ1v) is 11.9. The van der Waals surface area contributed by atoms with Gasteiger partial charge in [-0.1, -0.05) is 90.0 Å². The highest BCUT2D eigenvalue weighted by Crippen LogP contribution is 2.34. The zero-order valence-corrected chi connectivity index (χ0v) is 20.5. The van der Waals surface area contributed by atoms with Crippen molar-refractivity contribution in [2.45, 2.75) is 26.2 Å². The van der Waals surface area contributed by atoms with Crippen LogP contribution < -0.4 is 5.32 Å². The van der Waals surface area contributed by atoms with E-state index < -0.39 is 0 Å². The monoisotopic (exact) mass is 512 g/mol. The van der Waals surface area contributed by atoms with Crippen LogP contribution in [0.25, 0.3) is 6.08 Å². The van der Waals surface area contributed by atoms with Crippen LogP contribution >= 0.6 is 58.8 Å². The third-order valence-corrected chi connectivity index (χ3v) is 7.04. The van der Waals surface area contributed by atoms with E-state index in [1.807, 2.05) is 30.3 Å². The zero-order valence-electron chi connectivity index (χ0n) is 16.6. The Morgan fingerprint density at radius 3 is 2.48 bits per heavy atom. The fraction of sp³-hybridized carbons (Fsp3) is 0.227. The van der Waals surface area contributed by atoms with Crippen molar-refractivity contribution in [3.05, 3.63) is 67.5 Å². The predicted octanol–water partition coefficient (Wildman–Crippen LogP) is 6.83. The number of aryl methyl sites for hydroxylation is 1. The number of carbonyl (C=O) groups is 2. The van der Waals surface area contributed by atoms with E-state index in [1.54, 1.807) is 0 Å². The summed E-state index contributed by atoms with van der Waals surface area (Å²) in [4.78, 5) is 27.1. The van der Waals surface area contributed by atoms with Gasteiger partial charge in [0, 0.05) is 13.0 Å². The lowest BCUT2D eigenvalue weighted by Gasteiger charge is -2.14. The van der Waals surface area contributed by atoms with Crippen LogP contribution in [0.1, 0.15) is 30.9 Å². The summed E-state index contributed by atoms with van der Waals surface area (Å²) in [6.07, 6.45) is 3.46. The van der Waals surface area contributed by atoms with Gasteiger partial charge in [-0.05, 0) is 42.2 Å². The summed E-state index contributed by atoms with van der Waals surface area (Å²) in [5.74, 6) is -0.375. The summed E-state index contributed by atoms with van der Waals surface area (Å²) in [7, 11) is 0. The Bertz CT molecular complexity index is 1060. The number of hydrogen-bond donors (Lipinski definition) is 1. The molecule has 0 aromatic heterocycles. The number of benzene rings is 2. The molecule has 0 unspecified atom stereocenters. The van der Waals surface area contributed by atoms with E-state index in [2.05, 4.69) is 12.2 Å². The molecule has 1 N–H and O–H groups in total. The van der Waals surface area contributed by atoms with Gasteiger partial charge in [-0.2, -0.15) is 0 Å². The number of thioether (sulfide) groups is 1. The minimum atomic E-state index is -0.239. The molecule has 2 aromatic carbocycles. The van der Waals surface area contributed by atoms with Crippen LogP contribution in [-0.4, -0.2) is 27.6 Å². The highest BCUT2D eigenvalue weighted by Gasteiger charge is 2.31. The average Bonchev–Trinajstić information content (AvgIpc) is 3.00. The maximum atomic E-state index is 12.7. The number of thiocarbonyl (C=S) groups is 1. The van der Waals surface area contributed by atoms with Crippen molar-refractivity contribution in [2.24, 2.45) is 0 Å². The van der Waals surface area contributed by atoms with Crippen LogP contribution in [0.5, 0.6) is 0 Å². The number of carbonyl (C=O) groups excluding carboxylic acids is 2. The van der Waals surface area contributed by atoms with Crippen LogP contribution in [0.15, 0.2) is 41.3 Å². The summed E-state index contributed by atoms with van der Waals surface area (Å²) in [6.45, 7) is 2.46. The number of rotatable bonds is 7. The first kappa shape index (κ1) is 24.1. The molecule has 0 radical (unpaired) electrons. The molecule has 0 saturated carbocycles. The predicted molar refractivity (Wildman–Crippen MR) is 135 cm³/mol. The number of hydrogen-bond acceptors (Lipinski definition) is 4. The van der Waals surface area contributed by atoms with Crippen molar-refractivity contribution in [2.75, 3.05) is 11.9 Å². The average molecular weight is 514 g/mol. The Balaban J connectivity index is 1.55. The molecule has 4 nitrogen and oxygen atoms in total. The topological polar surface area (TPSA) is 49.4 Å². The largest absolute Gasteiger partial charge is 0.325 e. The van der Waals surface area contributed by atoms with E-state index >= 15 is 0 Å². The Kier molecular flexibility index (Phi) is 8.42. The fourth-order valence-corrected chi connectivity index (χ4v) is 4.83. The van der Waals surface area contributed by atoms with Gasteiger partial charge in [0.15, 0.2) is 0 Å². The molecule has 0 atom stereocenters. The van der Waals surface area contributed by atoms with Gasteiger partial charge in [0.1, 0.15) is 4.32 Å². The molecule has 0 aliphatic carbocycles. The smallest absolute Gasteiger partial charge is 0.266 e. The van der Waals surface area contributed by atoms with E-state index in [0.29, 0.717) is 42.9 Å². The Labute approximate surface area is 205 Å². The molecule has 0 bridgehead atoms. The van der Waals surface area contributed by atoms with E-state index in [1.165, 1.54) is 34.4 Å². The zero-order chi connectivity index (χ0) is 22.5. The van der Waals surface area contributed by atoms with Gasteiger partial charge in [0.05, 0.1) is 25.7 Å². The van der Waals surface area contributed by atoms with Gasteiger partial charge in [0.2, 0.25) is 5.91 Å². The van der Waals surface area contributed by atoms with Crippen molar-refractivity contribution in [3.63, 3.8) is 0 Å². The lowest BCUT2D eigenvalue weighted by atomic mass is 10.1. The molecule has 9 heteroatoms. The summed E-state index contributed by atoms with van der Waals surface area (Å²) in [5.41, 5.74) is 2.59. The van der Waals surface area contributed by atoms with Crippen LogP contribution in [0.2, 0.25) is 15.1 Å². The van der Waals surface area contributed by atoms with Gasteiger partial charge in [-0.15, -0.1) is 0 Å². The van der Waals surface area contributed by atoms with E-state index in [0.717, 1.165) is 12.0 Å². The Hall–Kier alpha value is -1.57. The highest BCUT2D eigenvalue weighted by molar-refractivity contribution is 8.26. The fourth-order valence-electron chi connectivity index (χ4n) is 2.92. The summed E-state index contributed by atoms with van der Waals surface area (Å²) < 4.78 is 0.495. The number of amides is 2. The second kappa shape index (κ2) is 10.8. The van der Waals surface area contributed by atoms with E-state index in [-0.39, 0.29) is 18.2 Å². The number of halogens is 3. The van der Waals surface area contributed by atoms with Crippen LogP contribution in [0.4, 0.5) is 5.69 Å². The highest BCUT2D eigenvalue weighted by atomic mass is 35.5. The molecule has 162 valence electrons. The van der Waals surface area contributed by atoms with Crippen LogP contribution in [0.3, 0.4) is 0 Å². The van der Waals surface area contributed by atoms with Gasteiger partial charge < -0.3 is 5.32 Å². The molecule has 1 aliphatic heterocycles. The molecular formula is C22H19Cl3N2O2S2. The second-order valence-corrected chi connectivity index (χ2v) is 9.72. The molecule has 1 saturated heterocycles. The van der Waals surface area contributed by atoms with Crippen LogP contribution in [0, 0.1) is 0 Å². The third kappa shape index (κ3) is 6.24. The van der Waals surface area contributed by atoms with Crippen molar-refractivity contribution < 1.29 is 9.59 Å². The van der Waals surface area contributed by atoms with Crippen LogP contribution in [-0.2, 0) is 16.0 Å². The van der Waals surface area contributed by atoms with Crippen molar-refractivity contribution in [1.29, 1.82) is 0 Å². The third-order valence-electron chi connectivity index (χ3n) is 4.63. The molecule has 31 heavy (non-hydrogen) atoms. The van der Waals surface area contributed by atoms with E-state index in [4.69, 9.17) is 47.0 Å². The first-order valence-electron chi connectivity index (χ1n) is 9.57. The second-order valence-electron chi connectivity index (χ2n) is 6.83. The summed E-state index contributed by atoms with van der Waals surface area (Å²) in [6, 6.07) is 11.1. The van der Waals surface area contributed by atoms with Gasteiger partial charge >= 0.3 is 0 Å². The first-order chi connectivity index (χ1) is 14.8. The molecule has 1 aliphatic rings. The lowest BCUT2D eigenvalue weighted by Crippen LogP contribution is -2.29. The van der Waals surface area contributed by atoms with E-state index in [9.17, 15) is 9.59 Å². The SMILES string of the molecule is CCc1ccc(/C=C2/SC(=S)N(CCCC(=O)Nc3cc(Cl)c(Cl)cc3Cl)C2=O)cc1. The van der Waals surface area contributed by atoms with Crippen molar-refractivity contribution in [1.82, 2.24) is 4.90 Å². The normalized spacial score (nSPS) is 15.1. The molecule has 2 amide bonds. The number of nitrogens with zero attached hydrogens (tertiary/aromatic N) is 1. The minimum absolute atomic E-state index is 0.137. The molecule has 1 heterocycles. The Morgan fingerprint density at radius 1 is 1.13 bits per heavy atom. The quantitative estimate of drug-likeness (QED) is 0.250. The summed E-state index contributed by atoms with van der Waals surface area (Å²) >= 11 is 24.6. The van der Waals surface area contributed by atoms with Gasteiger partial charge in [0.25, 0.3) is 5.91 Å². The number of nitrogens with one attached hydrogen (secondary N) is 1.